The van der Waals surface area contributed by atoms with Crippen LogP contribution in [0.1, 0.15) is 46.0 Å². The largest absolute Gasteiger partial charge is 0.466 e. The molecular formula is C16H25ClN2O2S. The number of hydrogen-bond acceptors (Lipinski definition) is 5. The van der Waals surface area contributed by atoms with E-state index in [0.29, 0.717) is 23.2 Å². The molecule has 0 saturated heterocycles. The van der Waals surface area contributed by atoms with Crippen LogP contribution >= 0.6 is 23.4 Å². The van der Waals surface area contributed by atoms with Gasteiger partial charge in [0.25, 0.3) is 0 Å². The predicted molar refractivity (Wildman–Crippen MR) is 93.3 cm³/mol. The van der Waals surface area contributed by atoms with Gasteiger partial charge in [-0.25, -0.2) is 4.98 Å². The van der Waals surface area contributed by atoms with Crippen molar-refractivity contribution in [1.29, 1.82) is 0 Å². The first-order valence-electron chi connectivity index (χ1n) is 7.79. The molecule has 0 bridgehead atoms. The lowest BCUT2D eigenvalue weighted by Gasteiger charge is -2.15. The Labute approximate surface area is 142 Å². The monoisotopic (exact) mass is 344 g/mol. The number of pyridine rings is 1. The molecule has 0 saturated carbocycles. The summed E-state index contributed by atoms with van der Waals surface area (Å²) in [5.74, 6) is 0.743. The summed E-state index contributed by atoms with van der Waals surface area (Å²) >= 11 is 7.67. The average Bonchev–Trinajstić information content (AvgIpc) is 2.50. The van der Waals surface area contributed by atoms with Gasteiger partial charge in [-0.05, 0) is 19.4 Å². The number of thioether (sulfide) groups is 1. The van der Waals surface area contributed by atoms with Crippen molar-refractivity contribution in [3.63, 3.8) is 0 Å². The molecule has 1 atom stereocenters. The third-order valence-electron chi connectivity index (χ3n) is 3.35. The van der Waals surface area contributed by atoms with E-state index in [-0.39, 0.29) is 11.9 Å². The quantitative estimate of drug-likeness (QED) is 0.383. The van der Waals surface area contributed by atoms with Gasteiger partial charge >= 0.3 is 5.97 Å². The highest BCUT2D eigenvalue weighted by molar-refractivity contribution is 7.99. The molecular weight excluding hydrogens is 320 g/mol. The van der Waals surface area contributed by atoms with Gasteiger partial charge in [-0.1, -0.05) is 44.2 Å². The number of rotatable bonds is 10. The molecule has 0 aliphatic rings. The second kappa shape index (κ2) is 10.7. The van der Waals surface area contributed by atoms with Gasteiger partial charge in [-0.2, -0.15) is 0 Å². The fraction of sp³-hybridized carbons (Fsp3) is 0.625. The molecule has 1 unspecified atom stereocenters. The fourth-order valence-electron chi connectivity index (χ4n) is 2.09. The van der Waals surface area contributed by atoms with Crippen molar-refractivity contribution in [3.05, 3.63) is 17.3 Å². The molecule has 0 aromatic carbocycles. The zero-order valence-electron chi connectivity index (χ0n) is 13.3. The van der Waals surface area contributed by atoms with Crippen LogP contribution in [0.4, 0.5) is 5.82 Å². The third kappa shape index (κ3) is 6.44. The van der Waals surface area contributed by atoms with E-state index in [2.05, 4.69) is 11.9 Å². The number of halogens is 1. The van der Waals surface area contributed by atoms with Gasteiger partial charge in [0.1, 0.15) is 5.82 Å². The SMILES string of the molecule is CCCCCCC(CSc1ccnc(N)c1Cl)C(=O)OCC. The number of carbonyl (C=O) groups excluding carboxylic acids is 1. The Morgan fingerprint density at radius 3 is 2.86 bits per heavy atom. The Morgan fingerprint density at radius 2 is 2.18 bits per heavy atom. The normalized spacial score (nSPS) is 12.1. The van der Waals surface area contributed by atoms with E-state index < -0.39 is 0 Å². The van der Waals surface area contributed by atoms with Crippen LogP contribution in [0.2, 0.25) is 5.02 Å². The zero-order valence-corrected chi connectivity index (χ0v) is 14.9. The molecule has 6 heteroatoms. The minimum Gasteiger partial charge on any atom is -0.466 e. The number of anilines is 1. The van der Waals surface area contributed by atoms with Crippen molar-refractivity contribution in [2.24, 2.45) is 5.92 Å². The highest BCUT2D eigenvalue weighted by atomic mass is 35.5. The van der Waals surface area contributed by atoms with Gasteiger partial charge in [-0.3, -0.25) is 4.79 Å². The number of esters is 1. The summed E-state index contributed by atoms with van der Waals surface area (Å²) in [5.41, 5.74) is 5.70. The Morgan fingerprint density at radius 1 is 1.41 bits per heavy atom. The van der Waals surface area contributed by atoms with Crippen LogP contribution in [0.5, 0.6) is 0 Å². The maximum Gasteiger partial charge on any atom is 0.309 e. The molecule has 2 N–H and O–H groups in total. The summed E-state index contributed by atoms with van der Waals surface area (Å²) in [7, 11) is 0. The summed E-state index contributed by atoms with van der Waals surface area (Å²) in [5, 5.41) is 0.459. The first-order valence-corrected chi connectivity index (χ1v) is 9.15. The number of nitrogen functional groups attached to an aromatic ring is 1. The lowest BCUT2D eigenvalue weighted by Crippen LogP contribution is -2.20. The smallest absolute Gasteiger partial charge is 0.309 e. The first-order chi connectivity index (χ1) is 10.6. The molecule has 124 valence electrons. The molecule has 4 nitrogen and oxygen atoms in total. The van der Waals surface area contributed by atoms with Crippen molar-refractivity contribution in [2.75, 3.05) is 18.1 Å². The van der Waals surface area contributed by atoms with Crippen LogP contribution in [0, 0.1) is 5.92 Å². The van der Waals surface area contributed by atoms with E-state index in [0.717, 1.165) is 24.2 Å². The van der Waals surface area contributed by atoms with Gasteiger partial charge < -0.3 is 10.5 Å². The van der Waals surface area contributed by atoms with Crippen molar-refractivity contribution < 1.29 is 9.53 Å². The van der Waals surface area contributed by atoms with E-state index in [1.807, 2.05) is 13.0 Å². The Hall–Kier alpha value is -0.940. The van der Waals surface area contributed by atoms with Crippen molar-refractivity contribution in [3.8, 4) is 0 Å². The standard InChI is InChI=1S/C16H25ClN2O2S/c1-3-5-6-7-8-12(16(20)21-4-2)11-22-13-9-10-19-15(18)14(13)17/h9-10,12H,3-8,11H2,1-2H3,(H2,18,19). The number of nitrogens with two attached hydrogens (primary N) is 1. The molecule has 1 aromatic heterocycles. The van der Waals surface area contributed by atoms with Crippen LogP contribution < -0.4 is 5.73 Å². The molecule has 0 aliphatic heterocycles. The summed E-state index contributed by atoms with van der Waals surface area (Å²) in [6, 6.07) is 1.82. The highest BCUT2D eigenvalue weighted by Crippen LogP contribution is 2.32. The summed E-state index contributed by atoms with van der Waals surface area (Å²) < 4.78 is 5.18. The molecule has 1 heterocycles. The lowest BCUT2D eigenvalue weighted by molar-refractivity contribution is -0.147. The van der Waals surface area contributed by atoms with Crippen LogP contribution in [-0.4, -0.2) is 23.3 Å². The predicted octanol–water partition coefficient (Wildman–Crippen LogP) is 4.56. The molecule has 0 fully saturated rings. The molecule has 1 aromatic rings. The van der Waals surface area contributed by atoms with Crippen LogP contribution in [0.3, 0.4) is 0 Å². The third-order valence-corrected chi connectivity index (χ3v) is 5.08. The van der Waals surface area contributed by atoms with Crippen molar-refractivity contribution >= 4 is 35.1 Å². The van der Waals surface area contributed by atoms with Crippen molar-refractivity contribution in [2.45, 2.75) is 50.8 Å². The maximum absolute atomic E-state index is 12.1. The Kier molecular flexibility index (Phi) is 9.32. The molecule has 0 amide bonds. The minimum atomic E-state index is -0.121. The van der Waals surface area contributed by atoms with E-state index in [1.165, 1.54) is 24.6 Å². The van der Waals surface area contributed by atoms with E-state index in [1.54, 1.807) is 6.20 Å². The van der Waals surface area contributed by atoms with Gasteiger partial charge in [-0.15, -0.1) is 11.8 Å². The van der Waals surface area contributed by atoms with E-state index in [4.69, 9.17) is 22.1 Å². The Bertz CT molecular complexity index is 471. The number of unbranched alkanes of at least 4 members (excludes halogenated alkanes) is 3. The van der Waals surface area contributed by atoms with Gasteiger partial charge in [0.15, 0.2) is 0 Å². The molecule has 0 radical (unpaired) electrons. The second-order valence-electron chi connectivity index (χ2n) is 5.12. The minimum absolute atomic E-state index is 0.104. The molecule has 0 spiro atoms. The highest BCUT2D eigenvalue weighted by Gasteiger charge is 2.20. The lowest BCUT2D eigenvalue weighted by atomic mass is 10.0. The number of ether oxygens (including phenoxy) is 1. The van der Waals surface area contributed by atoms with Crippen LogP contribution in [-0.2, 0) is 9.53 Å². The fourth-order valence-corrected chi connectivity index (χ4v) is 3.44. The second-order valence-corrected chi connectivity index (χ2v) is 6.56. The topological polar surface area (TPSA) is 65.2 Å². The number of aromatic nitrogens is 1. The molecule has 22 heavy (non-hydrogen) atoms. The van der Waals surface area contributed by atoms with E-state index in [9.17, 15) is 4.79 Å². The molecule has 1 rings (SSSR count). The molecule has 0 aliphatic carbocycles. The summed E-state index contributed by atoms with van der Waals surface area (Å²) in [6.45, 7) is 4.42. The number of hydrogen-bond donors (Lipinski definition) is 1. The van der Waals surface area contributed by atoms with Gasteiger partial charge in [0.05, 0.1) is 17.5 Å². The number of carbonyl (C=O) groups is 1. The maximum atomic E-state index is 12.1. The van der Waals surface area contributed by atoms with Gasteiger partial charge in [0.2, 0.25) is 0 Å². The summed E-state index contributed by atoms with van der Waals surface area (Å²) in [6.07, 6.45) is 7.07. The first kappa shape index (κ1) is 19.1. The average molecular weight is 345 g/mol. The van der Waals surface area contributed by atoms with Crippen LogP contribution in [0.25, 0.3) is 0 Å². The van der Waals surface area contributed by atoms with Gasteiger partial charge in [0, 0.05) is 16.8 Å². The summed E-state index contributed by atoms with van der Waals surface area (Å²) in [4.78, 5) is 16.9. The van der Waals surface area contributed by atoms with E-state index >= 15 is 0 Å². The Balaban J connectivity index is 2.59. The van der Waals surface area contributed by atoms with Crippen LogP contribution in [0.15, 0.2) is 17.2 Å². The number of nitrogens with zero attached hydrogens (tertiary/aromatic N) is 1. The zero-order chi connectivity index (χ0) is 16.4. The van der Waals surface area contributed by atoms with Crippen molar-refractivity contribution in [1.82, 2.24) is 4.98 Å².